The minimum atomic E-state index is -4.48. The maximum atomic E-state index is 11.8. The van der Waals surface area contributed by atoms with Crippen LogP contribution >= 0.6 is 11.6 Å². The Hall–Kier alpha value is -0.970. The molecule has 0 aliphatic rings. The molecular weight excluding hydrogens is 207 g/mol. The number of halogens is 4. The molecule has 0 saturated carbocycles. The van der Waals surface area contributed by atoms with Crippen LogP contribution in [0.2, 0.25) is 0 Å². The maximum Gasteiger partial charge on any atom is 0.417 e. The van der Waals surface area contributed by atoms with Gasteiger partial charge in [-0.05, 0) is 0 Å². The number of alkyl halides is 3. The second-order valence-electron chi connectivity index (χ2n) is 1.93. The van der Waals surface area contributed by atoms with Crippen LogP contribution in [0.15, 0.2) is 28.6 Å². The van der Waals surface area contributed by atoms with Gasteiger partial charge in [-0.25, -0.2) is 4.99 Å². The Balaban J connectivity index is 4.37. The molecule has 0 radical (unpaired) electrons. The average Bonchev–Trinajstić information content (AvgIpc) is 2.04. The molecule has 0 heterocycles. The summed E-state index contributed by atoms with van der Waals surface area (Å²) in [6.45, 7) is 2.77. The van der Waals surface area contributed by atoms with Gasteiger partial charge in [0.05, 0.1) is 18.2 Å². The molecule has 0 aromatic heterocycles. The Morgan fingerprint density at radius 1 is 1.54 bits per heavy atom. The molecule has 0 N–H and O–H groups in total. The van der Waals surface area contributed by atoms with Gasteiger partial charge in [-0.15, -0.1) is 0 Å². The molecular formula is C7H7ClF3NO. The summed E-state index contributed by atoms with van der Waals surface area (Å²) in [4.78, 5) is 3.29. The van der Waals surface area contributed by atoms with Crippen molar-refractivity contribution in [2.24, 2.45) is 4.99 Å². The van der Waals surface area contributed by atoms with Crippen molar-refractivity contribution in [1.29, 1.82) is 0 Å². The van der Waals surface area contributed by atoms with Gasteiger partial charge in [-0.2, -0.15) is 13.2 Å². The molecule has 0 atom stereocenters. The second kappa shape index (κ2) is 4.91. The maximum absolute atomic E-state index is 11.8. The van der Waals surface area contributed by atoms with Crippen molar-refractivity contribution < 1.29 is 17.9 Å². The van der Waals surface area contributed by atoms with Crippen LogP contribution in [0.1, 0.15) is 0 Å². The Morgan fingerprint density at radius 2 is 2.08 bits per heavy atom. The van der Waals surface area contributed by atoms with Crippen LogP contribution in [-0.4, -0.2) is 19.5 Å². The van der Waals surface area contributed by atoms with E-state index in [0.29, 0.717) is 6.21 Å². The number of aliphatic imine (C=N–C) groups is 1. The van der Waals surface area contributed by atoms with Crippen LogP contribution < -0.4 is 0 Å². The molecule has 0 aromatic carbocycles. The van der Waals surface area contributed by atoms with Gasteiger partial charge in [-0.3, -0.25) is 0 Å². The normalized spacial score (nSPS) is 13.5. The van der Waals surface area contributed by atoms with Crippen LogP contribution in [0.5, 0.6) is 0 Å². The molecule has 0 unspecified atom stereocenters. The first-order valence-electron chi connectivity index (χ1n) is 3.06. The predicted octanol–water partition coefficient (Wildman–Crippen LogP) is 2.86. The Kier molecular flexibility index (Phi) is 4.55. The molecule has 74 valence electrons. The number of ether oxygens (including phenoxy) is 1. The van der Waals surface area contributed by atoms with Gasteiger partial charge in [0.15, 0.2) is 0 Å². The molecule has 0 aliphatic carbocycles. The zero-order valence-electron chi connectivity index (χ0n) is 6.73. The van der Waals surface area contributed by atoms with E-state index in [1.807, 2.05) is 0 Å². The number of rotatable bonds is 3. The molecule has 0 aromatic rings. The summed E-state index contributed by atoms with van der Waals surface area (Å²) < 4.78 is 40.0. The van der Waals surface area contributed by atoms with Gasteiger partial charge in [0.1, 0.15) is 0 Å². The number of allylic oxidation sites excluding steroid dienone is 1. The van der Waals surface area contributed by atoms with Crippen molar-refractivity contribution in [3.8, 4) is 0 Å². The largest absolute Gasteiger partial charge is 0.480 e. The number of methoxy groups -OCH3 is 1. The third-order valence-electron chi connectivity index (χ3n) is 1.01. The fourth-order valence-electron chi connectivity index (χ4n) is 0.340. The van der Waals surface area contributed by atoms with Gasteiger partial charge in [0, 0.05) is 6.21 Å². The first-order valence-corrected chi connectivity index (χ1v) is 3.50. The van der Waals surface area contributed by atoms with Crippen LogP contribution in [0.4, 0.5) is 13.2 Å². The van der Waals surface area contributed by atoms with Crippen LogP contribution in [-0.2, 0) is 4.74 Å². The monoisotopic (exact) mass is 213 g/mol. The van der Waals surface area contributed by atoms with Gasteiger partial charge in [0.25, 0.3) is 0 Å². The molecule has 0 bridgehead atoms. The number of hydrogen-bond acceptors (Lipinski definition) is 2. The summed E-state index contributed by atoms with van der Waals surface area (Å²) in [7, 11) is 1.24. The SMILES string of the molecule is C=C(C=N/C(=C/Cl)OC)C(F)(F)F. The van der Waals surface area contributed by atoms with Gasteiger partial charge in [-0.1, -0.05) is 18.2 Å². The first kappa shape index (κ1) is 12.0. The molecule has 0 spiro atoms. The zero-order valence-corrected chi connectivity index (χ0v) is 7.49. The van der Waals surface area contributed by atoms with Crippen LogP contribution in [0.3, 0.4) is 0 Å². The molecule has 0 fully saturated rings. The third-order valence-corrected chi connectivity index (χ3v) is 1.20. The average molecular weight is 214 g/mol. The minimum Gasteiger partial charge on any atom is -0.480 e. The van der Waals surface area contributed by atoms with E-state index in [0.717, 1.165) is 5.54 Å². The first-order chi connectivity index (χ1) is 5.91. The Labute approximate surface area is 78.4 Å². The van der Waals surface area contributed by atoms with Crippen molar-refractivity contribution in [3.05, 3.63) is 23.6 Å². The highest BCUT2D eigenvalue weighted by Gasteiger charge is 2.30. The van der Waals surface area contributed by atoms with Gasteiger partial charge < -0.3 is 4.74 Å². The fourth-order valence-corrected chi connectivity index (χ4v) is 0.486. The summed E-state index contributed by atoms with van der Waals surface area (Å²) in [6, 6.07) is 0. The van der Waals surface area contributed by atoms with E-state index in [9.17, 15) is 13.2 Å². The highest BCUT2D eigenvalue weighted by molar-refractivity contribution is 6.25. The lowest BCUT2D eigenvalue weighted by Gasteiger charge is -2.04. The summed E-state index contributed by atoms with van der Waals surface area (Å²) in [6.07, 6.45) is -3.94. The van der Waals surface area contributed by atoms with Gasteiger partial charge in [0.2, 0.25) is 5.88 Å². The van der Waals surface area contributed by atoms with Crippen molar-refractivity contribution in [3.63, 3.8) is 0 Å². The quantitative estimate of drug-likeness (QED) is 0.522. The molecule has 0 aliphatic heterocycles. The van der Waals surface area contributed by atoms with E-state index in [2.05, 4.69) is 16.3 Å². The highest BCUT2D eigenvalue weighted by atomic mass is 35.5. The fraction of sp³-hybridized carbons (Fsp3) is 0.286. The molecule has 13 heavy (non-hydrogen) atoms. The molecule has 0 saturated heterocycles. The lowest BCUT2D eigenvalue weighted by Crippen LogP contribution is -2.11. The summed E-state index contributed by atoms with van der Waals surface area (Å²) in [5, 5.41) is 0. The lowest BCUT2D eigenvalue weighted by molar-refractivity contribution is -0.0852. The number of nitrogens with zero attached hydrogens (tertiary/aromatic N) is 1. The van der Waals surface area contributed by atoms with Crippen molar-refractivity contribution >= 4 is 17.8 Å². The van der Waals surface area contributed by atoms with E-state index in [4.69, 9.17) is 11.6 Å². The van der Waals surface area contributed by atoms with Gasteiger partial charge >= 0.3 is 6.18 Å². The van der Waals surface area contributed by atoms with E-state index in [-0.39, 0.29) is 5.88 Å². The smallest absolute Gasteiger partial charge is 0.417 e. The molecule has 0 rings (SSSR count). The van der Waals surface area contributed by atoms with Crippen LogP contribution in [0, 0.1) is 0 Å². The van der Waals surface area contributed by atoms with Crippen molar-refractivity contribution in [1.82, 2.24) is 0 Å². The van der Waals surface area contributed by atoms with Crippen LogP contribution in [0.25, 0.3) is 0 Å². The van der Waals surface area contributed by atoms with Crippen molar-refractivity contribution in [2.75, 3.05) is 7.11 Å². The Morgan fingerprint density at radius 3 is 2.38 bits per heavy atom. The lowest BCUT2D eigenvalue weighted by atomic mass is 10.3. The summed E-state index contributed by atoms with van der Waals surface area (Å²) in [5.74, 6) is -0.118. The molecule has 2 nitrogen and oxygen atoms in total. The van der Waals surface area contributed by atoms with E-state index >= 15 is 0 Å². The molecule has 6 heteroatoms. The predicted molar refractivity (Wildman–Crippen MR) is 44.6 cm³/mol. The minimum absolute atomic E-state index is 0.118. The standard InChI is InChI=1S/C7H7ClF3NO/c1-5(7(9,10)11)4-12-6(3-8)13-2/h3-4H,1H2,2H3/b6-3-,12-4?. The third kappa shape index (κ3) is 4.57. The number of hydrogen-bond donors (Lipinski definition) is 0. The summed E-state index contributed by atoms with van der Waals surface area (Å²) >= 11 is 5.15. The second-order valence-corrected chi connectivity index (χ2v) is 2.15. The Bertz CT molecular complexity index is 245. The van der Waals surface area contributed by atoms with Crippen molar-refractivity contribution in [2.45, 2.75) is 6.18 Å². The summed E-state index contributed by atoms with van der Waals surface area (Å²) in [5.41, 5.74) is -0.152. The molecule has 0 amide bonds. The topological polar surface area (TPSA) is 21.6 Å². The van der Waals surface area contributed by atoms with E-state index < -0.39 is 11.7 Å². The highest BCUT2D eigenvalue weighted by Crippen LogP contribution is 2.22. The van der Waals surface area contributed by atoms with E-state index in [1.165, 1.54) is 7.11 Å². The van der Waals surface area contributed by atoms with E-state index in [1.54, 1.807) is 0 Å². The zero-order chi connectivity index (χ0) is 10.5.